The topological polar surface area (TPSA) is 66.6 Å². The van der Waals surface area contributed by atoms with Gasteiger partial charge in [0.05, 0.1) is 0 Å². The van der Waals surface area contributed by atoms with Crippen LogP contribution >= 0.6 is 0 Å². The lowest BCUT2D eigenvalue weighted by Gasteiger charge is -2.29. The van der Waals surface area contributed by atoms with Gasteiger partial charge < -0.3 is 15.7 Å². The van der Waals surface area contributed by atoms with E-state index in [2.05, 4.69) is 18.7 Å². The predicted molar refractivity (Wildman–Crippen MR) is 80.6 cm³/mol. The molecule has 0 amide bonds. The quantitative estimate of drug-likeness (QED) is 0.831. The van der Waals surface area contributed by atoms with Gasteiger partial charge in [0.1, 0.15) is 5.54 Å². The normalized spacial score (nSPS) is 34.9. The van der Waals surface area contributed by atoms with Crippen molar-refractivity contribution >= 4 is 5.97 Å². The molecule has 2 rings (SSSR count). The molecule has 116 valence electrons. The Bertz CT molecular complexity index is 356. The first-order valence-corrected chi connectivity index (χ1v) is 8.08. The maximum Gasteiger partial charge on any atom is 0.323 e. The molecule has 2 aliphatic rings. The molecule has 1 saturated carbocycles. The number of aliphatic carboxylic acids is 1. The van der Waals surface area contributed by atoms with Crippen molar-refractivity contribution in [2.45, 2.75) is 64.3 Å². The Morgan fingerprint density at radius 2 is 2.00 bits per heavy atom. The molecule has 20 heavy (non-hydrogen) atoms. The fourth-order valence-electron chi connectivity index (χ4n) is 3.83. The number of nitrogens with two attached hydrogens (primary N) is 1. The van der Waals surface area contributed by atoms with Crippen molar-refractivity contribution in [3.8, 4) is 0 Å². The molecular formula is C16H30N2O2. The van der Waals surface area contributed by atoms with Crippen molar-refractivity contribution in [1.82, 2.24) is 4.90 Å². The van der Waals surface area contributed by atoms with E-state index in [4.69, 9.17) is 5.73 Å². The van der Waals surface area contributed by atoms with Gasteiger partial charge in [-0.2, -0.15) is 0 Å². The summed E-state index contributed by atoms with van der Waals surface area (Å²) in [6, 6.07) is 0. The summed E-state index contributed by atoms with van der Waals surface area (Å²) in [7, 11) is 0. The zero-order chi connectivity index (χ0) is 14.8. The van der Waals surface area contributed by atoms with Gasteiger partial charge in [-0.15, -0.1) is 0 Å². The van der Waals surface area contributed by atoms with Crippen LogP contribution in [0.5, 0.6) is 0 Å². The van der Waals surface area contributed by atoms with Crippen molar-refractivity contribution < 1.29 is 9.90 Å². The van der Waals surface area contributed by atoms with Gasteiger partial charge in [-0.25, -0.2) is 0 Å². The number of nitrogens with zero attached hydrogens (tertiary/aromatic N) is 1. The summed E-state index contributed by atoms with van der Waals surface area (Å²) in [4.78, 5) is 13.9. The molecule has 4 nitrogen and oxygen atoms in total. The standard InChI is InChI=1S/C16H30N2O2/c1-15(2)7-4-10-18(12-9-15)11-6-13-5-3-8-16(13,17)14(19)20/h13H,3-12,17H2,1-2H3,(H,19,20). The van der Waals surface area contributed by atoms with Crippen LogP contribution in [0.1, 0.15) is 58.8 Å². The number of hydrogen-bond acceptors (Lipinski definition) is 3. The highest BCUT2D eigenvalue weighted by Crippen LogP contribution is 2.37. The Morgan fingerprint density at radius 3 is 2.70 bits per heavy atom. The van der Waals surface area contributed by atoms with Crippen LogP contribution in [-0.4, -0.2) is 41.1 Å². The van der Waals surface area contributed by atoms with E-state index in [1.807, 2.05) is 0 Å². The average Bonchev–Trinajstić information content (AvgIpc) is 2.65. The highest BCUT2D eigenvalue weighted by atomic mass is 16.4. The van der Waals surface area contributed by atoms with Crippen molar-refractivity contribution in [2.24, 2.45) is 17.1 Å². The zero-order valence-electron chi connectivity index (χ0n) is 13.0. The Balaban J connectivity index is 1.84. The lowest BCUT2D eigenvalue weighted by Crippen LogP contribution is -2.51. The van der Waals surface area contributed by atoms with Crippen molar-refractivity contribution in [1.29, 1.82) is 0 Å². The lowest BCUT2D eigenvalue weighted by molar-refractivity contribution is -0.144. The summed E-state index contributed by atoms with van der Waals surface area (Å²) >= 11 is 0. The molecule has 3 N–H and O–H groups in total. The zero-order valence-corrected chi connectivity index (χ0v) is 13.0. The van der Waals surface area contributed by atoms with E-state index in [-0.39, 0.29) is 5.92 Å². The van der Waals surface area contributed by atoms with Gasteiger partial charge in [0.25, 0.3) is 0 Å². The Morgan fingerprint density at radius 1 is 1.25 bits per heavy atom. The Labute approximate surface area is 122 Å². The smallest absolute Gasteiger partial charge is 0.323 e. The minimum absolute atomic E-state index is 0.149. The van der Waals surface area contributed by atoms with E-state index < -0.39 is 11.5 Å². The van der Waals surface area contributed by atoms with Crippen LogP contribution < -0.4 is 5.73 Å². The third kappa shape index (κ3) is 3.53. The first-order chi connectivity index (χ1) is 9.33. The largest absolute Gasteiger partial charge is 0.480 e. The molecule has 1 saturated heterocycles. The maximum atomic E-state index is 11.4. The number of carboxylic acid groups (broad SMARTS) is 1. The van der Waals surface area contributed by atoms with Crippen LogP contribution in [0.15, 0.2) is 0 Å². The summed E-state index contributed by atoms with van der Waals surface area (Å²) in [6.45, 7) is 8.00. The van der Waals surface area contributed by atoms with Gasteiger partial charge >= 0.3 is 5.97 Å². The number of rotatable bonds is 4. The highest BCUT2D eigenvalue weighted by molar-refractivity contribution is 5.79. The third-order valence-corrected chi connectivity index (χ3v) is 5.50. The summed E-state index contributed by atoms with van der Waals surface area (Å²) in [5, 5.41) is 9.35. The van der Waals surface area contributed by atoms with Crippen LogP contribution in [0, 0.1) is 11.3 Å². The number of carboxylic acids is 1. The molecule has 4 heteroatoms. The van der Waals surface area contributed by atoms with Crippen LogP contribution in [0.25, 0.3) is 0 Å². The number of carbonyl (C=O) groups is 1. The van der Waals surface area contributed by atoms with Crippen LogP contribution in [0.4, 0.5) is 0 Å². The maximum absolute atomic E-state index is 11.4. The first kappa shape index (κ1) is 15.8. The summed E-state index contributed by atoms with van der Waals surface area (Å²) < 4.78 is 0. The second kappa shape index (κ2) is 6.02. The van der Waals surface area contributed by atoms with E-state index in [0.717, 1.165) is 38.9 Å². The molecule has 1 heterocycles. The molecule has 0 aromatic carbocycles. The van der Waals surface area contributed by atoms with Crippen LogP contribution in [0.2, 0.25) is 0 Å². The van der Waals surface area contributed by atoms with E-state index in [1.54, 1.807) is 0 Å². The summed E-state index contributed by atoms with van der Waals surface area (Å²) in [5.41, 5.74) is 5.61. The molecular weight excluding hydrogens is 252 g/mol. The molecule has 0 radical (unpaired) electrons. The minimum atomic E-state index is -0.967. The molecule has 1 aliphatic heterocycles. The van der Waals surface area contributed by atoms with Gasteiger partial charge in [0, 0.05) is 0 Å². The first-order valence-electron chi connectivity index (χ1n) is 8.08. The number of likely N-dealkylation sites (tertiary alicyclic amines) is 1. The van der Waals surface area contributed by atoms with E-state index in [1.165, 1.54) is 19.3 Å². The van der Waals surface area contributed by atoms with Crippen molar-refractivity contribution in [3.63, 3.8) is 0 Å². The fourth-order valence-corrected chi connectivity index (χ4v) is 3.83. The monoisotopic (exact) mass is 282 g/mol. The molecule has 2 fully saturated rings. The van der Waals surface area contributed by atoms with Crippen molar-refractivity contribution in [2.75, 3.05) is 19.6 Å². The predicted octanol–water partition coefficient (Wildman–Crippen LogP) is 2.47. The fraction of sp³-hybridized carbons (Fsp3) is 0.938. The van der Waals surface area contributed by atoms with Gasteiger partial charge in [0.2, 0.25) is 0 Å². The highest BCUT2D eigenvalue weighted by Gasteiger charge is 2.45. The van der Waals surface area contributed by atoms with Crippen LogP contribution in [0.3, 0.4) is 0 Å². The molecule has 0 aromatic heterocycles. The second-order valence-corrected chi connectivity index (χ2v) is 7.58. The van der Waals surface area contributed by atoms with E-state index in [0.29, 0.717) is 11.8 Å². The van der Waals surface area contributed by atoms with Gasteiger partial charge in [0.15, 0.2) is 0 Å². The lowest BCUT2D eigenvalue weighted by atomic mass is 9.85. The molecule has 2 unspecified atom stereocenters. The minimum Gasteiger partial charge on any atom is -0.480 e. The Kier molecular flexibility index (Phi) is 4.75. The van der Waals surface area contributed by atoms with Gasteiger partial charge in [-0.05, 0) is 69.5 Å². The average molecular weight is 282 g/mol. The van der Waals surface area contributed by atoms with Crippen molar-refractivity contribution in [3.05, 3.63) is 0 Å². The van der Waals surface area contributed by atoms with Gasteiger partial charge in [-0.3, -0.25) is 4.79 Å². The van der Waals surface area contributed by atoms with Crippen LogP contribution in [-0.2, 0) is 4.79 Å². The molecule has 0 aromatic rings. The summed E-state index contributed by atoms with van der Waals surface area (Å²) in [6.07, 6.45) is 7.30. The van der Waals surface area contributed by atoms with E-state index in [9.17, 15) is 9.90 Å². The third-order valence-electron chi connectivity index (χ3n) is 5.50. The molecule has 2 atom stereocenters. The SMILES string of the molecule is CC1(C)CCCN(CCC2CCCC2(N)C(=O)O)CC1. The van der Waals surface area contributed by atoms with Gasteiger partial charge in [-0.1, -0.05) is 20.3 Å². The molecule has 0 spiro atoms. The molecule has 0 bridgehead atoms. The second-order valence-electron chi connectivity index (χ2n) is 7.58. The summed E-state index contributed by atoms with van der Waals surface area (Å²) in [5.74, 6) is -0.659. The van der Waals surface area contributed by atoms with E-state index >= 15 is 0 Å². The Hall–Kier alpha value is -0.610. The number of hydrogen-bond donors (Lipinski definition) is 2. The molecule has 1 aliphatic carbocycles.